The number of hydrogen-bond donors (Lipinski definition) is 1. The number of carbonyl (C=O) groups is 2. The minimum Gasteiger partial charge on any atom is -0.493 e. The van der Waals surface area contributed by atoms with Crippen molar-refractivity contribution in [2.45, 2.75) is 58.5 Å². The Labute approximate surface area is 207 Å². The van der Waals surface area contributed by atoms with E-state index in [0.29, 0.717) is 47.8 Å². The quantitative estimate of drug-likeness (QED) is 0.540. The molecule has 0 saturated carbocycles. The third-order valence-corrected chi connectivity index (χ3v) is 6.48. The maximum absolute atomic E-state index is 13.7. The lowest BCUT2D eigenvalue weighted by Gasteiger charge is -2.37. The van der Waals surface area contributed by atoms with E-state index in [-0.39, 0.29) is 17.8 Å². The number of allylic oxidation sites excluding steroid dienone is 3. The molecule has 0 bridgehead atoms. The number of ether oxygens (including phenoxy) is 3. The summed E-state index contributed by atoms with van der Waals surface area (Å²) in [6.07, 6.45) is 0.804. The number of nitrogens with one attached hydrogen (secondary N) is 1. The number of dihydropyridines is 1. The number of benzene rings is 2. The number of Topliss-reactive ketones (excluding diaryl/α,β-unsaturated/α-hetero) is 1. The number of methoxy groups -OCH3 is 1. The minimum absolute atomic E-state index is 0.0350. The Morgan fingerprint density at radius 2 is 1.80 bits per heavy atom. The summed E-state index contributed by atoms with van der Waals surface area (Å²) >= 11 is 0. The molecule has 0 saturated heterocycles. The molecular weight excluding hydrogens is 442 g/mol. The van der Waals surface area contributed by atoms with Crippen LogP contribution >= 0.6 is 0 Å². The SMILES string of the molecule is CCOc1ccc([C@H]2C(C(=O)OC(C)C)=C(C)NC3=C2C(=O)C[C@@H](c2ccccc2)C3)cc1OC. The average molecular weight is 476 g/mol. The molecule has 1 N–H and O–H groups in total. The molecule has 2 aliphatic rings. The third kappa shape index (κ3) is 4.97. The van der Waals surface area contributed by atoms with E-state index in [9.17, 15) is 9.59 Å². The average Bonchev–Trinajstić information content (AvgIpc) is 2.83. The number of hydrogen-bond acceptors (Lipinski definition) is 6. The Bertz CT molecular complexity index is 1180. The van der Waals surface area contributed by atoms with E-state index in [1.165, 1.54) is 0 Å². The first-order valence-corrected chi connectivity index (χ1v) is 12.1. The van der Waals surface area contributed by atoms with Gasteiger partial charge in [-0.15, -0.1) is 0 Å². The van der Waals surface area contributed by atoms with E-state index >= 15 is 0 Å². The molecule has 2 aromatic carbocycles. The maximum atomic E-state index is 13.7. The number of ketones is 1. The highest BCUT2D eigenvalue weighted by Crippen LogP contribution is 2.47. The Balaban J connectivity index is 1.82. The molecule has 0 radical (unpaired) electrons. The molecule has 2 aromatic rings. The largest absolute Gasteiger partial charge is 0.493 e. The van der Waals surface area contributed by atoms with Gasteiger partial charge < -0.3 is 19.5 Å². The molecule has 0 spiro atoms. The van der Waals surface area contributed by atoms with Gasteiger partial charge in [0.25, 0.3) is 0 Å². The van der Waals surface area contributed by atoms with Crippen molar-refractivity contribution in [2.75, 3.05) is 13.7 Å². The smallest absolute Gasteiger partial charge is 0.337 e. The number of carbonyl (C=O) groups excluding carboxylic acids is 2. The van der Waals surface area contributed by atoms with E-state index < -0.39 is 11.9 Å². The van der Waals surface area contributed by atoms with Crippen LogP contribution in [0.3, 0.4) is 0 Å². The molecule has 0 unspecified atom stereocenters. The molecule has 0 amide bonds. The Morgan fingerprint density at radius 1 is 1.06 bits per heavy atom. The van der Waals surface area contributed by atoms with Gasteiger partial charge in [0.1, 0.15) is 0 Å². The lowest BCUT2D eigenvalue weighted by atomic mass is 9.71. The standard InChI is InChI=1S/C29H33NO5/c1-6-34-24-13-12-20(16-25(24)33-5)27-26(29(32)35-17(2)3)18(4)30-22-14-21(15-23(31)28(22)27)19-10-8-7-9-11-19/h7-13,16-17,21,27,30H,6,14-15H2,1-5H3/t21-,27-/m0/s1. The lowest BCUT2D eigenvalue weighted by Crippen LogP contribution is -2.36. The van der Waals surface area contributed by atoms with Gasteiger partial charge >= 0.3 is 5.97 Å². The minimum atomic E-state index is -0.550. The van der Waals surface area contributed by atoms with Crippen LogP contribution in [0.1, 0.15) is 63.5 Å². The van der Waals surface area contributed by atoms with Crippen LogP contribution in [0.15, 0.2) is 71.1 Å². The van der Waals surface area contributed by atoms with Gasteiger partial charge in [-0.05, 0) is 63.3 Å². The van der Waals surface area contributed by atoms with E-state index in [1.807, 2.05) is 64.1 Å². The molecule has 6 heteroatoms. The molecule has 1 heterocycles. The molecule has 1 aliphatic heterocycles. The maximum Gasteiger partial charge on any atom is 0.337 e. The summed E-state index contributed by atoms with van der Waals surface area (Å²) in [5.41, 5.74) is 4.58. The monoisotopic (exact) mass is 475 g/mol. The van der Waals surface area contributed by atoms with Crippen LogP contribution in [0.25, 0.3) is 0 Å². The van der Waals surface area contributed by atoms with Gasteiger partial charge in [0.2, 0.25) is 0 Å². The van der Waals surface area contributed by atoms with Crippen LogP contribution in [0.2, 0.25) is 0 Å². The van der Waals surface area contributed by atoms with Gasteiger partial charge in [0.15, 0.2) is 17.3 Å². The summed E-state index contributed by atoms with van der Waals surface area (Å²) in [6.45, 7) is 7.92. The van der Waals surface area contributed by atoms with Crippen molar-refractivity contribution in [1.29, 1.82) is 0 Å². The first-order valence-electron chi connectivity index (χ1n) is 12.1. The highest BCUT2D eigenvalue weighted by Gasteiger charge is 2.41. The molecule has 184 valence electrons. The highest BCUT2D eigenvalue weighted by molar-refractivity contribution is 6.04. The van der Waals surface area contributed by atoms with Gasteiger partial charge in [-0.2, -0.15) is 0 Å². The fourth-order valence-corrected chi connectivity index (χ4v) is 5.02. The molecule has 6 nitrogen and oxygen atoms in total. The van der Waals surface area contributed by atoms with Crippen molar-refractivity contribution >= 4 is 11.8 Å². The van der Waals surface area contributed by atoms with Crippen LogP contribution in [0.5, 0.6) is 11.5 Å². The third-order valence-electron chi connectivity index (χ3n) is 6.48. The summed E-state index contributed by atoms with van der Waals surface area (Å²) in [4.78, 5) is 27.0. The van der Waals surface area contributed by atoms with Crippen molar-refractivity contribution < 1.29 is 23.8 Å². The second-order valence-corrected chi connectivity index (χ2v) is 9.23. The summed E-state index contributed by atoms with van der Waals surface area (Å²) in [7, 11) is 1.58. The molecule has 1 aliphatic carbocycles. The van der Waals surface area contributed by atoms with Crippen molar-refractivity contribution in [3.8, 4) is 11.5 Å². The Morgan fingerprint density at radius 3 is 2.46 bits per heavy atom. The van der Waals surface area contributed by atoms with Crippen molar-refractivity contribution in [3.63, 3.8) is 0 Å². The predicted molar refractivity (Wildman–Crippen MR) is 134 cm³/mol. The zero-order valence-electron chi connectivity index (χ0n) is 21.0. The molecule has 4 rings (SSSR count). The number of rotatable bonds is 7. The fourth-order valence-electron chi connectivity index (χ4n) is 5.02. The van der Waals surface area contributed by atoms with E-state index in [0.717, 1.165) is 16.8 Å². The molecule has 0 fully saturated rings. The van der Waals surface area contributed by atoms with Crippen LogP contribution in [-0.2, 0) is 14.3 Å². The Kier molecular flexibility index (Phi) is 7.29. The summed E-state index contributed by atoms with van der Waals surface area (Å²) in [5.74, 6) is 0.326. The fraction of sp³-hybridized carbons (Fsp3) is 0.379. The van der Waals surface area contributed by atoms with Gasteiger partial charge in [0, 0.05) is 29.3 Å². The highest BCUT2D eigenvalue weighted by atomic mass is 16.5. The zero-order valence-corrected chi connectivity index (χ0v) is 21.0. The predicted octanol–water partition coefficient (Wildman–Crippen LogP) is 5.41. The van der Waals surface area contributed by atoms with E-state index in [2.05, 4.69) is 17.4 Å². The van der Waals surface area contributed by atoms with Crippen LogP contribution in [0, 0.1) is 0 Å². The molecule has 35 heavy (non-hydrogen) atoms. The van der Waals surface area contributed by atoms with E-state index in [4.69, 9.17) is 14.2 Å². The van der Waals surface area contributed by atoms with Gasteiger partial charge in [0.05, 0.1) is 25.4 Å². The van der Waals surface area contributed by atoms with Crippen molar-refractivity contribution in [3.05, 3.63) is 82.2 Å². The lowest BCUT2D eigenvalue weighted by molar-refractivity contribution is -0.143. The zero-order chi connectivity index (χ0) is 25.1. The van der Waals surface area contributed by atoms with Gasteiger partial charge in [-0.25, -0.2) is 4.79 Å². The van der Waals surface area contributed by atoms with Crippen molar-refractivity contribution in [2.24, 2.45) is 0 Å². The first-order chi connectivity index (χ1) is 16.8. The summed E-state index contributed by atoms with van der Waals surface area (Å²) in [5, 5.41) is 3.39. The topological polar surface area (TPSA) is 73.9 Å². The van der Waals surface area contributed by atoms with Crippen LogP contribution < -0.4 is 14.8 Å². The summed E-state index contributed by atoms with van der Waals surface area (Å²) in [6, 6.07) is 15.7. The van der Waals surface area contributed by atoms with E-state index in [1.54, 1.807) is 7.11 Å². The molecular formula is C29H33NO5. The van der Waals surface area contributed by atoms with Gasteiger partial charge in [-0.3, -0.25) is 4.79 Å². The normalized spacial score (nSPS) is 19.9. The second-order valence-electron chi connectivity index (χ2n) is 9.23. The molecule has 0 aromatic heterocycles. The summed E-state index contributed by atoms with van der Waals surface area (Å²) < 4.78 is 16.9. The Hall–Kier alpha value is -3.54. The van der Waals surface area contributed by atoms with Crippen LogP contribution in [-0.4, -0.2) is 31.6 Å². The van der Waals surface area contributed by atoms with Crippen molar-refractivity contribution in [1.82, 2.24) is 5.32 Å². The molecule has 2 atom stereocenters. The second kappa shape index (κ2) is 10.4. The van der Waals surface area contributed by atoms with Gasteiger partial charge in [-0.1, -0.05) is 36.4 Å². The first kappa shape index (κ1) is 24.6. The van der Waals surface area contributed by atoms with Crippen LogP contribution in [0.4, 0.5) is 0 Å². The number of esters is 1.